The lowest BCUT2D eigenvalue weighted by molar-refractivity contribution is 0.0288. The second-order valence-electron chi connectivity index (χ2n) is 6.68. The Labute approximate surface area is 180 Å². The molecule has 3 aromatic carbocycles. The first-order chi connectivity index (χ1) is 15.1. The third-order valence-corrected chi connectivity index (χ3v) is 4.23. The zero-order valence-corrected chi connectivity index (χ0v) is 17.1. The lowest BCUT2D eigenvalue weighted by atomic mass is 10.2. The molecule has 0 spiro atoms. The van der Waals surface area contributed by atoms with Crippen LogP contribution in [-0.4, -0.2) is 31.5 Å². The number of anilines is 2. The van der Waals surface area contributed by atoms with Crippen molar-refractivity contribution in [2.45, 2.75) is 13.0 Å². The summed E-state index contributed by atoms with van der Waals surface area (Å²) in [6, 6.07) is 25.3. The third-order valence-electron chi connectivity index (χ3n) is 4.23. The molecule has 0 aliphatic heterocycles. The highest BCUT2D eigenvalue weighted by atomic mass is 16.6. The standard InChI is InChI=1S/C24H24N2O5/c1-18-10-8-9-15-22(18)29-16-21(31-24(28)26-20-13-6-3-7-14-20)17-30-23(27)25-19-11-4-2-5-12-19/h2-15,21H,16-17H2,1H3,(H,25,27)(H,26,28)/t21-/m1/s1. The number of hydrogen-bond donors (Lipinski definition) is 2. The summed E-state index contributed by atoms with van der Waals surface area (Å²) < 4.78 is 16.5. The maximum atomic E-state index is 12.3. The summed E-state index contributed by atoms with van der Waals surface area (Å²) in [5.74, 6) is 0.660. The Bertz CT molecular complexity index is 980. The lowest BCUT2D eigenvalue weighted by Crippen LogP contribution is -2.33. The number of ether oxygens (including phenoxy) is 3. The van der Waals surface area contributed by atoms with Crippen molar-refractivity contribution >= 4 is 23.6 Å². The van der Waals surface area contributed by atoms with E-state index in [0.29, 0.717) is 17.1 Å². The van der Waals surface area contributed by atoms with Crippen LogP contribution in [0.4, 0.5) is 21.0 Å². The summed E-state index contributed by atoms with van der Waals surface area (Å²) in [4.78, 5) is 24.4. The molecule has 31 heavy (non-hydrogen) atoms. The van der Waals surface area contributed by atoms with Crippen molar-refractivity contribution in [1.82, 2.24) is 0 Å². The zero-order valence-electron chi connectivity index (χ0n) is 17.1. The quantitative estimate of drug-likeness (QED) is 0.520. The van der Waals surface area contributed by atoms with E-state index < -0.39 is 18.3 Å². The normalized spacial score (nSPS) is 11.1. The second-order valence-corrected chi connectivity index (χ2v) is 6.68. The summed E-state index contributed by atoms with van der Waals surface area (Å²) in [5, 5.41) is 5.25. The molecule has 3 rings (SSSR count). The van der Waals surface area contributed by atoms with Gasteiger partial charge in [0.2, 0.25) is 0 Å². The fourth-order valence-corrected chi connectivity index (χ4v) is 2.68. The van der Waals surface area contributed by atoms with Crippen LogP contribution in [0.15, 0.2) is 84.9 Å². The van der Waals surface area contributed by atoms with E-state index in [1.807, 2.05) is 43.3 Å². The summed E-state index contributed by atoms with van der Waals surface area (Å²) >= 11 is 0. The van der Waals surface area contributed by atoms with Crippen LogP contribution >= 0.6 is 0 Å². The molecule has 0 aliphatic carbocycles. The van der Waals surface area contributed by atoms with Crippen LogP contribution in [0, 0.1) is 6.92 Å². The van der Waals surface area contributed by atoms with Crippen LogP contribution < -0.4 is 15.4 Å². The van der Waals surface area contributed by atoms with Gasteiger partial charge in [0.15, 0.2) is 6.10 Å². The minimum Gasteiger partial charge on any atom is -0.489 e. The predicted octanol–water partition coefficient (Wildman–Crippen LogP) is 5.24. The Hall–Kier alpha value is -4.00. The Kier molecular flexibility index (Phi) is 7.88. The highest BCUT2D eigenvalue weighted by Gasteiger charge is 2.19. The molecule has 0 saturated heterocycles. The van der Waals surface area contributed by atoms with Crippen LogP contribution in [0.1, 0.15) is 5.56 Å². The molecule has 0 bridgehead atoms. The van der Waals surface area contributed by atoms with Gasteiger partial charge in [0.05, 0.1) is 0 Å². The molecular weight excluding hydrogens is 396 g/mol. The van der Waals surface area contributed by atoms with E-state index in [1.165, 1.54) is 0 Å². The van der Waals surface area contributed by atoms with E-state index in [1.54, 1.807) is 48.5 Å². The number of aryl methyl sites for hydroxylation is 1. The number of amides is 2. The first-order valence-corrected chi connectivity index (χ1v) is 9.80. The number of para-hydroxylation sites is 3. The molecule has 0 heterocycles. The molecule has 3 aromatic rings. The fourth-order valence-electron chi connectivity index (χ4n) is 2.68. The van der Waals surface area contributed by atoms with E-state index in [4.69, 9.17) is 14.2 Å². The van der Waals surface area contributed by atoms with E-state index >= 15 is 0 Å². The van der Waals surface area contributed by atoms with Crippen LogP contribution in [0.5, 0.6) is 5.75 Å². The highest BCUT2D eigenvalue weighted by Crippen LogP contribution is 2.17. The van der Waals surface area contributed by atoms with E-state index in [0.717, 1.165) is 5.56 Å². The monoisotopic (exact) mass is 420 g/mol. The SMILES string of the molecule is Cc1ccccc1OC[C@H](COC(=O)Nc1ccccc1)OC(=O)Nc1ccccc1. The van der Waals surface area contributed by atoms with Crippen molar-refractivity contribution in [2.75, 3.05) is 23.8 Å². The van der Waals surface area contributed by atoms with Crippen LogP contribution in [0.25, 0.3) is 0 Å². The van der Waals surface area contributed by atoms with Gasteiger partial charge in [-0.2, -0.15) is 0 Å². The molecule has 7 nitrogen and oxygen atoms in total. The maximum Gasteiger partial charge on any atom is 0.412 e. The largest absolute Gasteiger partial charge is 0.489 e. The summed E-state index contributed by atoms with van der Waals surface area (Å²) in [6.45, 7) is 1.76. The molecule has 7 heteroatoms. The van der Waals surface area contributed by atoms with Gasteiger partial charge >= 0.3 is 12.2 Å². The molecular formula is C24H24N2O5. The van der Waals surface area contributed by atoms with Gasteiger partial charge in [-0.15, -0.1) is 0 Å². The molecule has 0 aromatic heterocycles. The van der Waals surface area contributed by atoms with Crippen LogP contribution in [-0.2, 0) is 9.47 Å². The van der Waals surface area contributed by atoms with Gasteiger partial charge in [-0.1, -0.05) is 54.6 Å². The Balaban J connectivity index is 1.58. The molecule has 0 unspecified atom stereocenters. The molecule has 2 N–H and O–H groups in total. The molecule has 0 fully saturated rings. The number of hydrogen-bond acceptors (Lipinski definition) is 5. The number of carbonyl (C=O) groups is 2. The van der Waals surface area contributed by atoms with Crippen molar-refractivity contribution in [2.24, 2.45) is 0 Å². The zero-order chi connectivity index (χ0) is 21.9. The number of carbonyl (C=O) groups excluding carboxylic acids is 2. The molecule has 1 atom stereocenters. The minimum atomic E-state index is -0.815. The van der Waals surface area contributed by atoms with Gasteiger partial charge in [0.25, 0.3) is 0 Å². The van der Waals surface area contributed by atoms with Gasteiger partial charge < -0.3 is 14.2 Å². The smallest absolute Gasteiger partial charge is 0.412 e. The van der Waals surface area contributed by atoms with Gasteiger partial charge in [0, 0.05) is 11.4 Å². The highest BCUT2D eigenvalue weighted by molar-refractivity contribution is 5.85. The number of benzene rings is 3. The van der Waals surface area contributed by atoms with Crippen LogP contribution in [0.3, 0.4) is 0 Å². The average Bonchev–Trinajstić information content (AvgIpc) is 2.78. The van der Waals surface area contributed by atoms with Crippen molar-refractivity contribution in [3.63, 3.8) is 0 Å². The van der Waals surface area contributed by atoms with Crippen molar-refractivity contribution in [3.8, 4) is 5.75 Å². The minimum absolute atomic E-state index is 0.0195. The Morgan fingerprint density at radius 2 is 1.29 bits per heavy atom. The summed E-state index contributed by atoms with van der Waals surface area (Å²) in [5.41, 5.74) is 2.13. The number of rotatable bonds is 8. The van der Waals surface area contributed by atoms with Crippen molar-refractivity contribution in [1.29, 1.82) is 0 Å². The topological polar surface area (TPSA) is 85.9 Å². The first kappa shape index (κ1) is 21.7. The van der Waals surface area contributed by atoms with E-state index in [-0.39, 0.29) is 13.2 Å². The van der Waals surface area contributed by atoms with Gasteiger partial charge in [0.1, 0.15) is 19.0 Å². The van der Waals surface area contributed by atoms with Crippen LogP contribution in [0.2, 0.25) is 0 Å². The van der Waals surface area contributed by atoms with E-state index in [2.05, 4.69) is 10.6 Å². The van der Waals surface area contributed by atoms with Gasteiger partial charge in [-0.3, -0.25) is 10.6 Å². The Morgan fingerprint density at radius 1 is 0.742 bits per heavy atom. The molecule has 0 aliphatic rings. The number of nitrogens with one attached hydrogen (secondary N) is 2. The summed E-state index contributed by atoms with van der Waals surface area (Å²) in [7, 11) is 0. The van der Waals surface area contributed by atoms with Crippen molar-refractivity contribution in [3.05, 3.63) is 90.5 Å². The molecule has 160 valence electrons. The Morgan fingerprint density at radius 3 is 1.90 bits per heavy atom. The lowest BCUT2D eigenvalue weighted by Gasteiger charge is -2.19. The maximum absolute atomic E-state index is 12.3. The van der Waals surface area contributed by atoms with Gasteiger partial charge in [-0.25, -0.2) is 9.59 Å². The molecule has 2 amide bonds. The van der Waals surface area contributed by atoms with Crippen molar-refractivity contribution < 1.29 is 23.8 Å². The predicted molar refractivity (Wildman–Crippen MR) is 118 cm³/mol. The molecule has 0 saturated carbocycles. The first-order valence-electron chi connectivity index (χ1n) is 9.80. The molecule has 0 radical (unpaired) electrons. The second kappa shape index (κ2) is 11.3. The van der Waals surface area contributed by atoms with E-state index in [9.17, 15) is 9.59 Å². The average molecular weight is 420 g/mol. The third kappa shape index (κ3) is 7.40. The van der Waals surface area contributed by atoms with Gasteiger partial charge in [-0.05, 0) is 42.8 Å². The fraction of sp³-hybridized carbons (Fsp3) is 0.167. The summed E-state index contributed by atoms with van der Waals surface area (Å²) in [6.07, 6.45) is -2.14.